The van der Waals surface area contributed by atoms with Crippen LogP contribution in [0.4, 0.5) is 6.01 Å². The number of nitrogens with one attached hydrogen (secondary N) is 1. The number of rotatable bonds is 7. The quantitative estimate of drug-likeness (QED) is 0.469. The van der Waals surface area contributed by atoms with Crippen LogP contribution in [0.2, 0.25) is 0 Å². The second-order valence-corrected chi connectivity index (χ2v) is 8.24. The molecule has 0 bridgehead atoms. The molecule has 0 saturated heterocycles. The Balaban J connectivity index is 1.45. The molecule has 0 fully saturated rings. The molecule has 26 heavy (non-hydrogen) atoms. The Bertz CT molecular complexity index is 887. The van der Waals surface area contributed by atoms with Crippen LogP contribution in [0.25, 0.3) is 10.8 Å². The number of aryl methyl sites for hydroxylation is 3. The van der Waals surface area contributed by atoms with Crippen LogP contribution in [0.5, 0.6) is 0 Å². The van der Waals surface area contributed by atoms with Crippen LogP contribution in [0.3, 0.4) is 0 Å². The molecule has 6 nitrogen and oxygen atoms in total. The Hall–Kier alpha value is -2.19. The fourth-order valence-electron chi connectivity index (χ4n) is 2.33. The summed E-state index contributed by atoms with van der Waals surface area (Å²) in [5, 5.41) is 11.5. The van der Waals surface area contributed by atoms with Gasteiger partial charge in [0.1, 0.15) is 4.88 Å². The van der Waals surface area contributed by atoms with Crippen molar-refractivity contribution in [1.29, 1.82) is 0 Å². The maximum absolute atomic E-state index is 12.0. The third-order valence-electron chi connectivity index (χ3n) is 3.61. The number of carbonyl (C=O) groups excluding carboxylic acids is 1. The average Bonchev–Trinajstić information content (AvgIpc) is 3.19. The molecule has 0 aliphatic rings. The summed E-state index contributed by atoms with van der Waals surface area (Å²) in [6.45, 7) is 5.89. The Morgan fingerprint density at radius 3 is 2.65 bits per heavy atom. The molecule has 0 radical (unpaired) electrons. The average molecular weight is 389 g/mol. The standard InChI is InChI=1S/C18H20N4O2S2/c1-11-6-8-14(9-7-11)25-10-4-5-15(23)20-18-22-21-17(24-18)16-12(2)19-13(3)26-16/h6-9H,4-5,10H2,1-3H3,(H,20,22,23). The maximum Gasteiger partial charge on any atom is 0.322 e. The predicted molar refractivity (Wildman–Crippen MR) is 105 cm³/mol. The first-order valence-electron chi connectivity index (χ1n) is 8.28. The highest BCUT2D eigenvalue weighted by Crippen LogP contribution is 2.29. The van der Waals surface area contributed by atoms with E-state index in [4.69, 9.17) is 4.42 Å². The summed E-state index contributed by atoms with van der Waals surface area (Å²) < 4.78 is 5.53. The number of anilines is 1. The largest absolute Gasteiger partial charge is 0.402 e. The molecule has 2 heterocycles. The normalized spacial score (nSPS) is 10.9. The lowest BCUT2D eigenvalue weighted by molar-refractivity contribution is -0.116. The van der Waals surface area contributed by atoms with Crippen LogP contribution >= 0.6 is 23.1 Å². The highest BCUT2D eigenvalue weighted by atomic mass is 32.2. The van der Waals surface area contributed by atoms with Crippen molar-refractivity contribution in [3.63, 3.8) is 0 Å². The van der Waals surface area contributed by atoms with E-state index in [1.807, 2.05) is 13.8 Å². The first-order valence-corrected chi connectivity index (χ1v) is 10.1. The minimum absolute atomic E-state index is 0.123. The lowest BCUT2D eigenvalue weighted by Crippen LogP contribution is -2.11. The van der Waals surface area contributed by atoms with Gasteiger partial charge in [-0.1, -0.05) is 22.8 Å². The molecule has 0 spiro atoms. The molecule has 2 aromatic heterocycles. The topological polar surface area (TPSA) is 80.9 Å². The molecule has 1 amide bonds. The van der Waals surface area contributed by atoms with E-state index in [0.29, 0.717) is 12.3 Å². The van der Waals surface area contributed by atoms with Gasteiger partial charge >= 0.3 is 6.01 Å². The summed E-state index contributed by atoms with van der Waals surface area (Å²) >= 11 is 3.24. The first-order chi connectivity index (χ1) is 12.5. The van der Waals surface area contributed by atoms with Gasteiger partial charge in [0.2, 0.25) is 5.91 Å². The summed E-state index contributed by atoms with van der Waals surface area (Å²) in [5.74, 6) is 1.14. The van der Waals surface area contributed by atoms with Crippen molar-refractivity contribution in [3.8, 4) is 10.8 Å². The molecule has 0 atom stereocenters. The molecular formula is C18H20N4O2S2. The Morgan fingerprint density at radius 1 is 1.19 bits per heavy atom. The molecule has 0 saturated carbocycles. The van der Waals surface area contributed by atoms with E-state index >= 15 is 0 Å². The number of amides is 1. The second kappa shape index (κ2) is 8.46. The Labute approximate surface area is 160 Å². The molecule has 3 rings (SSSR count). The molecule has 0 aliphatic heterocycles. The first kappa shape index (κ1) is 18.6. The van der Waals surface area contributed by atoms with Crippen LogP contribution < -0.4 is 5.32 Å². The molecule has 0 aliphatic carbocycles. The van der Waals surface area contributed by atoms with Crippen LogP contribution in [0.15, 0.2) is 33.6 Å². The van der Waals surface area contributed by atoms with E-state index in [-0.39, 0.29) is 11.9 Å². The van der Waals surface area contributed by atoms with Gasteiger partial charge in [0.15, 0.2) is 0 Å². The molecule has 8 heteroatoms. The highest BCUT2D eigenvalue weighted by molar-refractivity contribution is 7.99. The molecule has 136 valence electrons. The zero-order valence-corrected chi connectivity index (χ0v) is 16.5. The zero-order chi connectivity index (χ0) is 18.5. The van der Waals surface area contributed by atoms with Gasteiger partial charge in [-0.05, 0) is 45.1 Å². The summed E-state index contributed by atoms with van der Waals surface area (Å²) in [5.41, 5.74) is 2.10. The van der Waals surface area contributed by atoms with Crippen LogP contribution in [-0.2, 0) is 4.79 Å². The van der Waals surface area contributed by atoms with Gasteiger partial charge in [0.05, 0.1) is 10.7 Å². The third kappa shape index (κ3) is 4.92. The van der Waals surface area contributed by atoms with Gasteiger partial charge in [-0.25, -0.2) is 4.98 Å². The van der Waals surface area contributed by atoms with Crippen LogP contribution in [-0.4, -0.2) is 26.8 Å². The monoisotopic (exact) mass is 388 g/mol. The van der Waals surface area contributed by atoms with Gasteiger partial charge in [-0.15, -0.1) is 28.2 Å². The number of thiazole rings is 1. The van der Waals surface area contributed by atoms with Gasteiger partial charge in [-0.3, -0.25) is 10.1 Å². The van der Waals surface area contributed by atoms with E-state index in [1.165, 1.54) is 21.8 Å². The van der Waals surface area contributed by atoms with E-state index < -0.39 is 0 Å². The predicted octanol–water partition coefficient (Wildman–Crippen LogP) is 4.63. The molecule has 3 aromatic rings. The maximum atomic E-state index is 12.0. The van der Waals surface area contributed by atoms with Gasteiger partial charge < -0.3 is 4.42 Å². The summed E-state index contributed by atoms with van der Waals surface area (Å²) in [4.78, 5) is 18.4. The van der Waals surface area contributed by atoms with E-state index in [9.17, 15) is 4.79 Å². The van der Waals surface area contributed by atoms with Crippen molar-refractivity contribution >= 4 is 35.0 Å². The fourth-order valence-corrected chi connectivity index (χ4v) is 4.03. The zero-order valence-electron chi connectivity index (χ0n) is 14.9. The number of hydrogen-bond acceptors (Lipinski definition) is 7. The molecule has 1 aromatic carbocycles. The lowest BCUT2D eigenvalue weighted by Gasteiger charge is -2.02. The Morgan fingerprint density at radius 2 is 1.96 bits per heavy atom. The van der Waals surface area contributed by atoms with Gasteiger partial charge in [0, 0.05) is 11.3 Å². The number of nitrogens with zero attached hydrogens (tertiary/aromatic N) is 3. The SMILES string of the molecule is Cc1ccc(SCCCC(=O)Nc2nnc(-c3sc(C)nc3C)o2)cc1. The van der Waals surface area contributed by atoms with Crippen molar-refractivity contribution in [3.05, 3.63) is 40.5 Å². The number of aromatic nitrogens is 3. The number of thioether (sulfide) groups is 1. The number of hydrogen-bond donors (Lipinski definition) is 1. The highest BCUT2D eigenvalue weighted by Gasteiger charge is 2.16. The van der Waals surface area contributed by atoms with Gasteiger partial charge in [-0.2, -0.15) is 0 Å². The van der Waals surface area contributed by atoms with Crippen LogP contribution in [0.1, 0.15) is 29.1 Å². The molecule has 1 N–H and O–H groups in total. The van der Waals surface area contributed by atoms with E-state index in [0.717, 1.165) is 27.8 Å². The molecular weight excluding hydrogens is 368 g/mol. The molecule has 0 unspecified atom stereocenters. The lowest BCUT2D eigenvalue weighted by atomic mass is 10.2. The smallest absolute Gasteiger partial charge is 0.322 e. The summed E-state index contributed by atoms with van der Waals surface area (Å²) in [6, 6.07) is 8.51. The summed E-state index contributed by atoms with van der Waals surface area (Å²) in [6.07, 6.45) is 1.19. The van der Waals surface area contributed by atoms with E-state index in [2.05, 4.69) is 51.7 Å². The van der Waals surface area contributed by atoms with Crippen molar-refractivity contribution in [1.82, 2.24) is 15.2 Å². The van der Waals surface area contributed by atoms with Crippen molar-refractivity contribution < 1.29 is 9.21 Å². The van der Waals surface area contributed by atoms with Gasteiger partial charge in [0.25, 0.3) is 5.89 Å². The number of carbonyl (C=O) groups is 1. The Kier molecular flexibility index (Phi) is 6.05. The third-order valence-corrected chi connectivity index (χ3v) is 5.77. The second-order valence-electron chi connectivity index (χ2n) is 5.87. The minimum atomic E-state index is -0.123. The van der Waals surface area contributed by atoms with Crippen molar-refractivity contribution in [2.24, 2.45) is 0 Å². The fraction of sp³-hybridized carbons (Fsp3) is 0.333. The minimum Gasteiger partial charge on any atom is -0.402 e. The summed E-state index contributed by atoms with van der Waals surface area (Å²) in [7, 11) is 0. The van der Waals surface area contributed by atoms with Crippen LogP contribution in [0, 0.1) is 20.8 Å². The number of benzene rings is 1. The van der Waals surface area contributed by atoms with Crippen molar-refractivity contribution in [2.45, 2.75) is 38.5 Å². The van der Waals surface area contributed by atoms with Crippen molar-refractivity contribution in [2.75, 3.05) is 11.1 Å². The van der Waals surface area contributed by atoms with E-state index in [1.54, 1.807) is 11.8 Å².